The maximum atomic E-state index is 12.1. The Labute approximate surface area is 140 Å². The smallest absolute Gasteiger partial charge is 0.187 e. The van der Waals surface area contributed by atoms with Crippen LogP contribution in [0.2, 0.25) is 5.02 Å². The van der Waals surface area contributed by atoms with E-state index in [4.69, 9.17) is 21.1 Å². The maximum Gasteiger partial charge on any atom is 0.187 e. The van der Waals surface area contributed by atoms with Gasteiger partial charge >= 0.3 is 0 Å². The Morgan fingerprint density at radius 1 is 1.22 bits per heavy atom. The number of ketones is 1. The lowest BCUT2D eigenvalue weighted by Crippen LogP contribution is -1.97. The Bertz CT molecular complexity index is 696. The molecule has 0 saturated heterocycles. The van der Waals surface area contributed by atoms with Crippen LogP contribution in [0.25, 0.3) is 0 Å². The molecule has 0 saturated carbocycles. The number of methoxy groups -OCH3 is 1. The normalized spacial score (nSPS) is 10.6. The summed E-state index contributed by atoms with van der Waals surface area (Å²) in [5.41, 5.74) is 1.37. The van der Waals surface area contributed by atoms with Crippen molar-refractivity contribution in [3.8, 4) is 11.5 Å². The van der Waals surface area contributed by atoms with Crippen LogP contribution in [0.3, 0.4) is 0 Å². The molecule has 0 aliphatic rings. The van der Waals surface area contributed by atoms with Crippen molar-refractivity contribution < 1.29 is 14.3 Å². The number of benzene rings is 2. The van der Waals surface area contributed by atoms with Crippen molar-refractivity contribution in [1.82, 2.24) is 0 Å². The van der Waals surface area contributed by atoms with Crippen molar-refractivity contribution in [3.05, 3.63) is 65.3 Å². The second kappa shape index (κ2) is 8.25. The molecule has 0 amide bonds. The predicted molar refractivity (Wildman–Crippen MR) is 92.7 cm³/mol. The first-order valence-electron chi connectivity index (χ1n) is 7.18. The number of carbonyl (C=O) groups excluding carboxylic acids is 1. The minimum absolute atomic E-state index is 0.0971. The number of hydrogen-bond donors (Lipinski definition) is 1. The molecule has 0 spiro atoms. The number of anilines is 1. The van der Waals surface area contributed by atoms with Crippen LogP contribution < -0.4 is 14.8 Å². The van der Waals surface area contributed by atoms with Crippen molar-refractivity contribution in [2.24, 2.45) is 0 Å². The van der Waals surface area contributed by atoms with Gasteiger partial charge in [-0.1, -0.05) is 11.6 Å². The summed E-state index contributed by atoms with van der Waals surface area (Å²) in [6.07, 6.45) is 3.05. The third kappa shape index (κ3) is 4.76. The Morgan fingerprint density at radius 3 is 2.57 bits per heavy atom. The molecule has 2 rings (SSSR count). The number of carbonyl (C=O) groups is 1. The Balaban J connectivity index is 1.96. The highest BCUT2D eigenvalue weighted by atomic mass is 35.5. The molecule has 0 aliphatic carbocycles. The third-order valence-electron chi connectivity index (χ3n) is 3.09. The molecule has 0 bridgehead atoms. The van der Waals surface area contributed by atoms with E-state index in [2.05, 4.69) is 5.32 Å². The zero-order valence-corrected chi connectivity index (χ0v) is 13.8. The van der Waals surface area contributed by atoms with Crippen molar-refractivity contribution in [2.45, 2.75) is 6.92 Å². The topological polar surface area (TPSA) is 47.6 Å². The predicted octanol–water partition coefficient (Wildman–Crippen LogP) is 4.56. The number of rotatable bonds is 7. The first kappa shape index (κ1) is 16.9. The lowest BCUT2D eigenvalue weighted by atomic mass is 10.1. The fourth-order valence-electron chi connectivity index (χ4n) is 1.95. The molecule has 2 aromatic rings. The van der Waals surface area contributed by atoms with Crippen LogP contribution >= 0.6 is 11.6 Å². The van der Waals surface area contributed by atoms with Gasteiger partial charge in [0.05, 0.1) is 18.7 Å². The molecule has 0 heterocycles. The molecule has 5 heteroatoms. The third-order valence-corrected chi connectivity index (χ3v) is 3.38. The number of ether oxygens (including phenoxy) is 2. The molecule has 0 atom stereocenters. The van der Waals surface area contributed by atoms with Gasteiger partial charge in [0.2, 0.25) is 0 Å². The number of allylic oxidation sites excluding steroid dienone is 1. The molecular weight excluding hydrogens is 314 g/mol. The van der Waals surface area contributed by atoms with E-state index in [0.29, 0.717) is 22.9 Å². The van der Waals surface area contributed by atoms with Gasteiger partial charge in [-0.05, 0) is 49.4 Å². The number of hydrogen-bond acceptors (Lipinski definition) is 4. The van der Waals surface area contributed by atoms with E-state index in [1.807, 2.05) is 13.0 Å². The average Bonchev–Trinajstić information content (AvgIpc) is 2.56. The summed E-state index contributed by atoms with van der Waals surface area (Å²) in [4.78, 5) is 12.1. The fraction of sp³-hybridized carbons (Fsp3) is 0.167. The molecule has 4 nitrogen and oxygen atoms in total. The van der Waals surface area contributed by atoms with Crippen LogP contribution in [-0.4, -0.2) is 19.5 Å². The second-order valence-corrected chi connectivity index (χ2v) is 5.06. The minimum Gasteiger partial charge on any atom is -0.495 e. The van der Waals surface area contributed by atoms with E-state index < -0.39 is 0 Å². The summed E-state index contributed by atoms with van der Waals surface area (Å²) < 4.78 is 10.4. The molecular formula is C18H18ClNO3. The van der Waals surface area contributed by atoms with Crippen molar-refractivity contribution in [2.75, 3.05) is 19.0 Å². The Kier molecular flexibility index (Phi) is 6.06. The van der Waals surface area contributed by atoms with Crippen molar-refractivity contribution in [3.63, 3.8) is 0 Å². The summed E-state index contributed by atoms with van der Waals surface area (Å²) in [5.74, 6) is 1.26. The monoisotopic (exact) mass is 331 g/mol. The highest BCUT2D eigenvalue weighted by molar-refractivity contribution is 6.32. The van der Waals surface area contributed by atoms with Gasteiger partial charge in [-0.2, -0.15) is 0 Å². The molecule has 2 aromatic carbocycles. The Hall–Kier alpha value is -2.46. The zero-order chi connectivity index (χ0) is 16.7. The molecule has 0 fully saturated rings. The molecule has 0 unspecified atom stereocenters. The van der Waals surface area contributed by atoms with Crippen LogP contribution in [0.15, 0.2) is 54.7 Å². The van der Waals surface area contributed by atoms with Crippen LogP contribution in [-0.2, 0) is 0 Å². The van der Waals surface area contributed by atoms with Gasteiger partial charge < -0.3 is 14.8 Å². The summed E-state index contributed by atoms with van der Waals surface area (Å²) in [6.45, 7) is 2.51. The number of halogens is 1. The van der Waals surface area contributed by atoms with Gasteiger partial charge in [0.25, 0.3) is 0 Å². The highest BCUT2D eigenvalue weighted by Gasteiger charge is 2.03. The van der Waals surface area contributed by atoms with Gasteiger partial charge in [0, 0.05) is 23.5 Å². The number of nitrogens with one attached hydrogen (secondary N) is 1. The first-order valence-corrected chi connectivity index (χ1v) is 7.55. The van der Waals surface area contributed by atoms with E-state index >= 15 is 0 Å². The minimum atomic E-state index is -0.0971. The van der Waals surface area contributed by atoms with Crippen LogP contribution in [0.5, 0.6) is 11.5 Å². The van der Waals surface area contributed by atoms with Gasteiger partial charge in [-0.25, -0.2) is 0 Å². The molecule has 1 N–H and O–H groups in total. The summed E-state index contributed by atoms with van der Waals surface area (Å²) in [6, 6.07) is 12.3. The zero-order valence-electron chi connectivity index (χ0n) is 13.0. The Morgan fingerprint density at radius 2 is 1.96 bits per heavy atom. The standard InChI is InChI=1S/C18H18ClNO3/c1-3-23-15-7-4-13(5-8-15)17(21)10-11-20-14-6-9-18(22-2)16(19)12-14/h4-12,20H,3H2,1-2H3/b11-10+. The van der Waals surface area contributed by atoms with E-state index in [1.54, 1.807) is 49.7 Å². The highest BCUT2D eigenvalue weighted by Crippen LogP contribution is 2.27. The second-order valence-electron chi connectivity index (χ2n) is 4.65. The fourth-order valence-corrected chi connectivity index (χ4v) is 2.21. The SMILES string of the molecule is CCOc1ccc(C(=O)/C=C/Nc2ccc(OC)c(Cl)c2)cc1. The quantitative estimate of drug-likeness (QED) is 0.597. The summed E-state index contributed by atoms with van der Waals surface area (Å²) in [7, 11) is 1.56. The molecule has 23 heavy (non-hydrogen) atoms. The molecule has 0 radical (unpaired) electrons. The summed E-state index contributed by atoms with van der Waals surface area (Å²) in [5, 5.41) is 3.51. The average molecular weight is 332 g/mol. The van der Waals surface area contributed by atoms with Crippen LogP contribution in [0, 0.1) is 0 Å². The van der Waals surface area contributed by atoms with Gasteiger partial charge in [0.15, 0.2) is 5.78 Å². The van der Waals surface area contributed by atoms with E-state index in [1.165, 1.54) is 6.08 Å². The lowest BCUT2D eigenvalue weighted by molar-refractivity contribution is 0.104. The van der Waals surface area contributed by atoms with Crippen molar-refractivity contribution in [1.29, 1.82) is 0 Å². The van der Waals surface area contributed by atoms with Crippen LogP contribution in [0.1, 0.15) is 17.3 Å². The van der Waals surface area contributed by atoms with E-state index in [0.717, 1.165) is 11.4 Å². The van der Waals surface area contributed by atoms with Gasteiger partial charge in [-0.15, -0.1) is 0 Å². The lowest BCUT2D eigenvalue weighted by Gasteiger charge is -2.05. The molecule has 0 aromatic heterocycles. The van der Waals surface area contributed by atoms with E-state index in [-0.39, 0.29) is 5.78 Å². The van der Waals surface area contributed by atoms with Crippen LogP contribution in [0.4, 0.5) is 5.69 Å². The maximum absolute atomic E-state index is 12.1. The first-order chi connectivity index (χ1) is 11.1. The molecule has 0 aliphatic heterocycles. The van der Waals surface area contributed by atoms with E-state index in [9.17, 15) is 4.79 Å². The molecule has 120 valence electrons. The van der Waals surface area contributed by atoms with Gasteiger partial charge in [0.1, 0.15) is 11.5 Å². The van der Waals surface area contributed by atoms with Crippen molar-refractivity contribution >= 4 is 23.1 Å². The van der Waals surface area contributed by atoms with Gasteiger partial charge in [-0.3, -0.25) is 4.79 Å². The largest absolute Gasteiger partial charge is 0.495 e. The summed E-state index contributed by atoms with van der Waals surface area (Å²) >= 11 is 6.04.